The van der Waals surface area contributed by atoms with Crippen LogP contribution in [0.15, 0.2) is 18.2 Å². The lowest BCUT2D eigenvalue weighted by Crippen LogP contribution is -2.41. The van der Waals surface area contributed by atoms with E-state index in [2.05, 4.69) is 5.32 Å². The molecule has 1 aliphatic carbocycles. The normalized spacial score (nSPS) is 16.1. The number of carbonyl (C=O) groups is 2. The van der Waals surface area contributed by atoms with Crippen molar-refractivity contribution in [2.45, 2.75) is 25.7 Å². The molecule has 1 aromatic carbocycles. The highest BCUT2D eigenvalue weighted by Gasteiger charge is 2.45. The lowest BCUT2D eigenvalue weighted by molar-refractivity contribution is -0.157. The van der Waals surface area contributed by atoms with E-state index in [4.69, 9.17) is 9.84 Å². The van der Waals surface area contributed by atoms with Gasteiger partial charge in [0.1, 0.15) is 0 Å². The first-order valence-corrected chi connectivity index (χ1v) is 6.34. The first-order valence-electron chi connectivity index (χ1n) is 6.34. The first-order chi connectivity index (χ1) is 9.47. The second-order valence-corrected chi connectivity index (χ2v) is 5.01. The number of aliphatic carboxylic acids is 1. The van der Waals surface area contributed by atoms with E-state index in [1.807, 2.05) is 0 Å². The van der Waals surface area contributed by atoms with Crippen molar-refractivity contribution in [3.05, 3.63) is 24.0 Å². The summed E-state index contributed by atoms with van der Waals surface area (Å²) in [5.74, 6) is -1.86. The highest BCUT2D eigenvalue weighted by molar-refractivity contribution is 5.94. The average Bonchev–Trinajstić information content (AvgIpc) is 2.33. The van der Waals surface area contributed by atoms with Crippen LogP contribution < -0.4 is 10.1 Å². The van der Waals surface area contributed by atoms with Crippen LogP contribution in [0.2, 0.25) is 0 Å². The Hall–Kier alpha value is -2.11. The van der Waals surface area contributed by atoms with Crippen molar-refractivity contribution in [2.24, 2.45) is 5.41 Å². The summed E-state index contributed by atoms with van der Waals surface area (Å²) in [4.78, 5) is 23.0. The second-order valence-electron chi connectivity index (χ2n) is 5.01. The van der Waals surface area contributed by atoms with E-state index < -0.39 is 23.1 Å². The zero-order chi connectivity index (χ0) is 14.8. The molecule has 6 heteroatoms. The van der Waals surface area contributed by atoms with E-state index >= 15 is 0 Å². The molecule has 0 unspecified atom stereocenters. The van der Waals surface area contributed by atoms with Gasteiger partial charge in [-0.1, -0.05) is 6.42 Å². The Labute approximate surface area is 115 Å². The maximum absolute atomic E-state index is 13.5. The maximum Gasteiger partial charge on any atom is 0.310 e. The lowest BCUT2D eigenvalue weighted by Gasteiger charge is -2.36. The number of carboxylic acid groups (broad SMARTS) is 1. The van der Waals surface area contributed by atoms with Crippen LogP contribution in [0.1, 0.15) is 25.7 Å². The first kappa shape index (κ1) is 14.3. The van der Waals surface area contributed by atoms with E-state index in [9.17, 15) is 14.0 Å². The number of ether oxygens (including phenoxy) is 1. The molecule has 1 amide bonds. The third kappa shape index (κ3) is 2.74. The SMILES string of the molecule is COc1ccc(NC(=O)CC2(C(=O)O)CCC2)cc1F. The zero-order valence-corrected chi connectivity index (χ0v) is 11.1. The highest BCUT2D eigenvalue weighted by Crippen LogP contribution is 2.44. The maximum atomic E-state index is 13.5. The van der Waals surface area contributed by atoms with Crippen molar-refractivity contribution in [1.82, 2.24) is 0 Å². The Morgan fingerprint density at radius 2 is 2.15 bits per heavy atom. The Bertz CT molecular complexity index is 540. The molecular weight excluding hydrogens is 265 g/mol. The van der Waals surface area contributed by atoms with Gasteiger partial charge in [0.2, 0.25) is 5.91 Å². The van der Waals surface area contributed by atoms with Gasteiger partial charge in [0.05, 0.1) is 12.5 Å². The Morgan fingerprint density at radius 3 is 2.60 bits per heavy atom. The molecule has 20 heavy (non-hydrogen) atoms. The molecule has 1 aliphatic rings. The molecule has 0 aromatic heterocycles. The Morgan fingerprint density at radius 1 is 1.45 bits per heavy atom. The van der Waals surface area contributed by atoms with E-state index in [0.717, 1.165) is 12.5 Å². The van der Waals surface area contributed by atoms with Crippen LogP contribution >= 0.6 is 0 Å². The fourth-order valence-electron chi connectivity index (χ4n) is 2.33. The molecule has 0 radical (unpaired) electrons. The minimum atomic E-state index is -0.949. The minimum absolute atomic E-state index is 0.0870. The number of amides is 1. The summed E-state index contributed by atoms with van der Waals surface area (Å²) < 4.78 is 18.3. The van der Waals surface area contributed by atoms with Gasteiger partial charge in [-0.2, -0.15) is 0 Å². The van der Waals surface area contributed by atoms with Crippen molar-refractivity contribution in [3.8, 4) is 5.75 Å². The van der Waals surface area contributed by atoms with Crippen molar-refractivity contribution in [2.75, 3.05) is 12.4 Å². The molecule has 0 heterocycles. The number of nitrogens with one attached hydrogen (secondary N) is 1. The molecule has 1 saturated carbocycles. The third-order valence-electron chi connectivity index (χ3n) is 3.70. The van der Waals surface area contributed by atoms with Crippen LogP contribution in [-0.4, -0.2) is 24.1 Å². The number of hydrogen-bond donors (Lipinski definition) is 2. The monoisotopic (exact) mass is 281 g/mol. The Balaban J connectivity index is 2.01. The molecule has 0 saturated heterocycles. The standard InChI is InChI=1S/C14H16FNO4/c1-20-11-4-3-9(7-10(11)15)16-12(17)8-14(13(18)19)5-2-6-14/h3-4,7H,2,5-6,8H2,1H3,(H,16,17)(H,18,19). The van der Waals surface area contributed by atoms with Gasteiger partial charge in [0.25, 0.3) is 0 Å². The van der Waals surface area contributed by atoms with Gasteiger partial charge in [-0.05, 0) is 25.0 Å². The zero-order valence-electron chi connectivity index (χ0n) is 11.1. The molecule has 1 fully saturated rings. The van der Waals surface area contributed by atoms with Gasteiger partial charge in [0, 0.05) is 18.2 Å². The summed E-state index contributed by atoms with van der Waals surface area (Å²) in [5, 5.41) is 11.7. The summed E-state index contributed by atoms with van der Waals surface area (Å²) in [6.45, 7) is 0. The van der Waals surface area contributed by atoms with Crippen LogP contribution in [-0.2, 0) is 9.59 Å². The van der Waals surface area contributed by atoms with Crippen LogP contribution in [0.25, 0.3) is 0 Å². The van der Waals surface area contributed by atoms with Crippen molar-refractivity contribution in [1.29, 1.82) is 0 Å². The summed E-state index contributed by atoms with van der Waals surface area (Å²) >= 11 is 0. The number of benzene rings is 1. The van der Waals surface area contributed by atoms with E-state index in [1.54, 1.807) is 0 Å². The number of methoxy groups -OCH3 is 1. The molecule has 0 spiro atoms. The molecule has 0 aliphatic heterocycles. The van der Waals surface area contributed by atoms with E-state index in [0.29, 0.717) is 12.8 Å². The summed E-state index contributed by atoms with van der Waals surface area (Å²) in [6, 6.07) is 4.06. The van der Waals surface area contributed by atoms with Crippen LogP contribution in [0.3, 0.4) is 0 Å². The van der Waals surface area contributed by atoms with Gasteiger partial charge in [-0.15, -0.1) is 0 Å². The number of carboxylic acids is 1. The fraction of sp³-hybridized carbons (Fsp3) is 0.429. The molecule has 0 atom stereocenters. The molecule has 108 valence electrons. The third-order valence-corrected chi connectivity index (χ3v) is 3.70. The molecule has 2 N–H and O–H groups in total. The lowest BCUT2D eigenvalue weighted by atomic mass is 9.66. The van der Waals surface area contributed by atoms with Crippen molar-refractivity contribution >= 4 is 17.6 Å². The molecule has 0 bridgehead atoms. The molecular formula is C14H16FNO4. The van der Waals surface area contributed by atoms with Gasteiger partial charge >= 0.3 is 5.97 Å². The summed E-state index contributed by atoms with van der Waals surface area (Å²) in [6.07, 6.45) is 1.74. The van der Waals surface area contributed by atoms with Crippen molar-refractivity contribution in [3.63, 3.8) is 0 Å². The van der Waals surface area contributed by atoms with Crippen molar-refractivity contribution < 1.29 is 23.8 Å². The van der Waals surface area contributed by atoms with Crippen LogP contribution in [0, 0.1) is 11.2 Å². The minimum Gasteiger partial charge on any atom is -0.494 e. The molecule has 1 aromatic rings. The number of carbonyl (C=O) groups excluding carboxylic acids is 1. The highest BCUT2D eigenvalue weighted by atomic mass is 19.1. The number of rotatable bonds is 5. The number of hydrogen-bond acceptors (Lipinski definition) is 3. The second kappa shape index (κ2) is 5.48. The van der Waals surface area contributed by atoms with E-state index in [-0.39, 0.29) is 17.9 Å². The quantitative estimate of drug-likeness (QED) is 0.869. The van der Waals surface area contributed by atoms with Gasteiger partial charge in [-0.3, -0.25) is 9.59 Å². The topological polar surface area (TPSA) is 75.6 Å². The van der Waals surface area contributed by atoms with Crippen LogP contribution in [0.4, 0.5) is 10.1 Å². The van der Waals surface area contributed by atoms with Gasteiger partial charge in [0.15, 0.2) is 11.6 Å². The van der Waals surface area contributed by atoms with Gasteiger partial charge < -0.3 is 15.2 Å². The fourth-order valence-corrected chi connectivity index (χ4v) is 2.33. The predicted molar refractivity (Wildman–Crippen MR) is 70.1 cm³/mol. The smallest absolute Gasteiger partial charge is 0.310 e. The number of halogens is 1. The summed E-state index contributed by atoms with van der Waals surface area (Å²) in [5.41, 5.74) is -0.664. The molecule has 5 nitrogen and oxygen atoms in total. The summed E-state index contributed by atoms with van der Waals surface area (Å²) in [7, 11) is 1.35. The van der Waals surface area contributed by atoms with E-state index in [1.165, 1.54) is 19.2 Å². The average molecular weight is 281 g/mol. The largest absolute Gasteiger partial charge is 0.494 e. The number of anilines is 1. The molecule has 2 rings (SSSR count). The Kier molecular flexibility index (Phi) is 3.92. The predicted octanol–water partition coefficient (Wildman–Crippen LogP) is 2.42. The van der Waals surface area contributed by atoms with Crippen LogP contribution in [0.5, 0.6) is 5.75 Å². The van der Waals surface area contributed by atoms with Gasteiger partial charge in [-0.25, -0.2) is 4.39 Å².